The Morgan fingerprint density at radius 1 is 1.14 bits per heavy atom. The van der Waals surface area contributed by atoms with Gasteiger partial charge in [-0.2, -0.15) is 4.74 Å². The summed E-state index contributed by atoms with van der Waals surface area (Å²) < 4.78 is 6.21. The lowest BCUT2D eigenvalue weighted by molar-refractivity contribution is -0.573. The number of benzene rings is 1. The van der Waals surface area contributed by atoms with Crippen LogP contribution in [0, 0.1) is 22.0 Å². The fourth-order valence-electron chi connectivity index (χ4n) is 5.58. The van der Waals surface area contributed by atoms with Crippen molar-refractivity contribution in [2.45, 2.75) is 105 Å². The minimum atomic E-state index is -0.833. The Morgan fingerprint density at radius 2 is 1.74 bits per heavy atom. The average Bonchev–Trinajstić information content (AvgIpc) is 3.01. The number of ether oxygens (including phenoxy) is 1. The summed E-state index contributed by atoms with van der Waals surface area (Å²) in [6, 6.07) is 7.17. The molecule has 1 atom stereocenters. The van der Waals surface area contributed by atoms with Gasteiger partial charge in [-0.15, -0.1) is 0 Å². The van der Waals surface area contributed by atoms with E-state index in [1.54, 1.807) is 12.1 Å². The molecule has 1 aliphatic heterocycles. The van der Waals surface area contributed by atoms with Gasteiger partial charge >= 0.3 is 11.9 Å². The second-order valence-electron chi connectivity index (χ2n) is 12.7. The van der Waals surface area contributed by atoms with Gasteiger partial charge in [0.1, 0.15) is 0 Å². The van der Waals surface area contributed by atoms with E-state index in [1.807, 2.05) is 24.0 Å². The van der Waals surface area contributed by atoms with Crippen LogP contribution in [0.5, 0.6) is 0 Å². The van der Waals surface area contributed by atoms with Crippen molar-refractivity contribution in [3.05, 3.63) is 40.6 Å². The number of carbonyl (C=O) groups excluding carboxylic acids is 2. The predicted octanol–water partition coefficient (Wildman–Crippen LogP) is 6.48. The highest BCUT2D eigenvalue weighted by molar-refractivity contribution is 6.25. The molecule has 0 N–H and O–H groups in total. The zero-order valence-corrected chi connectivity index (χ0v) is 22.7. The Morgan fingerprint density at radius 3 is 2.26 bits per heavy atom. The maximum Gasteiger partial charge on any atom is 0.338 e. The van der Waals surface area contributed by atoms with Crippen LogP contribution < -0.4 is 0 Å². The van der Waals surface area contributed by atoms with Gasteiger partial charge in [0.15, 0.2) is 0 Å². The minimum absolute atomic E-state index is 0.0862. The van der Waals surface area contributed by atoms with Gasteiger partial charge in [0.05, 0.1) is 18.2 Å². The summed E-state index contributed by atoms with van der Waals surface area (Å²) in [6.45, 7) is 15.7. The third-order valence-electron chi connectivity index (χ3n) is 7.78. The topological polar surface area (TPSA) is 72.7 Å². The predicted molar refractivity (Wildman–Crippen MR) is 139 cm³/mol. The second kappa shape index (κ2) is 10.3. The quantitative estimate of drug-likeness (QED) is 0.252. The number of nitrogens with zero attached hydrogens (tertiary/aromatic N) is 2. The summed E-state index contributed by atoms with van der Waals surface area (Å²) in [7, 11) is 0. The van der Waals surface area contributed by atoms with Gasteiger partial charge in [0.2, 0.25) is 6.21 Å². The molecule has 1 aromatic carbocycles. The van der Waals surface area contributed by atoms with E-state index in [-0.39, 0.29) is 28.7 Å². The van der Waals surface area contributed by atoms with Crippen LogP contribution in [-0.2, 0) is 9.53 Å². The van der Waals surface area contributed by atoms with Gasteiger partial charge in [-0.1, -0.05) is 60.6 Å². The molecule has 2 aliphatic rings. The number of esters is 1. The maximum absolute atomic E-state index is 13.3. The fourth-order valence-corrected chi connectivity index (χ4v) is 5.58. The number of hydrogen-bond donors (Lipinski definition) is 0. The van der Waals surface area contributed by atoms with Crippen molar-refractivity contribution >= 4 is 18.1 Å². The standard InChI is InChI=1S/C29H44N2O4/c1-8-19-35-26(33)22-11-9-21(10-12-22)24(15-16-27(2,3)4)31-25(32)20-30(34)29(31)17-13-23(14-18-29)28(5,6)7/h9-12,20,23-24H,8,13-19H2,1-7H3/t23?,24-,29?/m1/s1. The normalized spacial score (nSPS) is 24.0. The van der Waals surface area contributed by atoms with Crippen molar-refractivity contribution in [2.24, 2.45) is 16.7 Å². The summed E-state index contributed by atoms with van der Waals surface area (Å²) >= 11 is 0. The fraction of sp³-hybridized carbons (Fsp3) is 0.690. The van der Waals surface area contributed by atoms with Crippen molar-refractivity contribution in [3.8, 4) is 0 Å². The summed E-state index contributed by atoms with van der Waals surface area (Å²) in [4.78, 5) is 27.5. The molecule has 194 valence electrons. The van der Waals surface area contributed by atoms with Crippen LogP contribution in [0.3, 0.4) is 0 Å². The van der Waals surface area contributed by atoms with E-state index in [0.717, 1.165) is 42.4 Å². The van der Waals surface area contributed by atoms with Gasteiger partial charge < -0.3 is 9.94 Å². The van der Waals surface area contributed by atoms with Gasteiger partial charge in [-0.3, -0.25) is 9.69 Å². The highest BCUT2D eigenvalue weighted by Crippen LogP contribution is 2.48. The van der Waals surface area contributed by atoms with E-state index in [2.05, 4.69) is 41.5 Å². The molecule has 0 saturated heterocycles. The van der Waals surface area contributed by atoms with Gasteiger partial charge in [-0.25, -0.2) is 4.79 Å². The Labute approximate surface area is 211 Å². The number of hydrogen-bond acceptors (Lipinski definition) is 4. The molecule has 1 aromatic rings. The number of hydroxylamine groups is 1. The van der Waals surface area contributed by atoms with Gasteiger partial charge in [0, 0.05) is 12.8 Å². The van der Waals surface area contributed by atoms with Gasteiger partial charge in [0.25, 0.3) is 5.66 Å². The second-order valence-corrected chi connectivity index (χ2v) is 12.7. The zero-order chi connectivity index (χ0) is 26.0. The van der Waals surface area contributed by atoms with Gasteiger partial charge in [-0.05, 0) is 66.5 Å². The Kier molecular flexibility index (Phi) is 8.02. The van der Waals surface area contributed by atoms with Crippen molar-refractivity contribution < 1.29 is 19.1 Å². The molecule has 3 rings (SSSR count). The number of amides is 1. The largest absolute Gasteiger partial charge is 0.622 e. The SMILES string of the molecule is CCCOC(=O)c1ccc([C@@H](CCC(C)(C)C)N2C(=O)C=[N+]([O-])C23CCC(C(C)(C)C)CC3)cc1. The number of rotatable bonds is 7. The average molecular weight is 485 g/mol. The lowest BCUT2D eigenvalue weighted by Gasteiger charge is -2.46. The molecule has 0 aromatic heterocycles. The summed E-state index contributed by atoms with van der Waals surface area (Å²) in [5.41, 5.74) is 0.890. The van der Waals surface area contributed by atoms with Crippen molar-refractivity contribution in [3.63, 3.8) is 0 Å². The highest BCUT2D eigenvalue weighted by atomic mass is 16.5. The van der Waals surface area contributed by atoms with Crippen LogP contribution in [0.15, 0.2) is 24.3 Å². The van der Waals surface area contributed by atoms with Crippen LogP contribution in [-0.4, -0.2) is 40.0 Å². The number of carbonyl (C=O) groups is 2. The van der Waals surface area contributed by atoms with Crippen LogP contribution in [0.2, 0.25) is 0 Å². The van der Waals surface area contributed by atoms with Crippen molar-refractivity contribution in [1.29, 1.82) is 0 Å². The molecule has 1 amide bonds. The van der Waals surface area contributed by atoms with Crippen LogP contribution in [0.1, 0.15) is 115 Å². The molecule has 1 heterocycles. The summed E-state index contributed by atoms with van der Waals surface area (Å²) in [6.07, 6.45) is 6.88. The first kappa shape index (κ1) is 27.2. The van der Waals surface area contributed by atoms with E-state index < -0.39 is 5.66 Å². The molecular formula is C29H44N2O4. The molecule has 0 unspecified atom stereocenters. The summed E-state index contributed by atoms with van der Waals surface area (Å²) in [5, 5.41) is 13.2. The van der Waals surface area contributed by atoms with E-state index in [1.165, 1.54) is 6.21 Å². The molecule has 0 radical (unpaired) electrons. The Balaban J connectivity index is 1.93. The highest BCUT2D eigenvalue weighted by Gasteiger charge is 2.57. The molecule has 6 nitrogen and oxygen atoms in total. The first-order valence-corrected chi connectivity index (χ1v) is 13.2. The first-order chi connectivity index (χ1) is 16.3. The van der Waals surface area contributed by atoms with Crippen molar-refractivity contribution in [1.82, 2.24) is 4.90 Å². The molecular weight excluding hydrogens is 440 g/mol. The third kappa shape index (κ3) is 6.07. The molecule has 1 saturated carbocycles. The van der Waals surface area contributed by atoms with E-state index >= 15 is 0 Å². The first-order valence-electron chi connectivity index (χ1n) is 13.2. The molecule has 1 spiro atoms. The molecule has 0 bridgehead atoms. The minimum Gasteiger partial charge on any atom is -0.622 e. The summed E-state index contributed by atoms with van der Waals surface area (Å²) in [5.74, 6) is -0.0157. The zero-order valence-electron chi connectivity index (χ0n) is 22.7. The monoisotopic (exact) mass is 484 g/mol. The third-order valence-corrected chi connectivity index (χ3v) is 7.78. The Bertz CT molecular complexity index is 929. The van der Waals surface area contributed by atoms with E-state index in [4.69, 9.17) is 4.74 Å². The molecule has 35 heavy (non-hydrogen) atoms. The molecule has 1 fully saturated rings. The van der Waals surface area contributed by atoms with Crippen LogP contribution in [0.25, 0.3) is 0 Å². The lowest BCUT2D eigenvalue weighted by atomic mass is 9.69. The van der Waals surface area contributed by atoms with E-state index in [9.17, 15) is 14.8 Å². The lowest BCUT2D eigenvalue weighted by Crippen LogP contribution is -2.55. The molecule has 6 heteroatoms. The van der Waals surface area contributed by atoms with Crippen LogP contribution >= 0.6 is 0 Å². The van der Waals surface area contributed by atoms with Crippen molar-refractivity contribution in [2.75, 3.05) is 6.61 Å². The van der Waals surface area contributed by atoms with E-state index in [0.29, 0.717) is 30.9 Å². The maximum atomic E-state index is 13.3. The Hall–Kier alpha value is -2.37. The smallest absolute Gasteiger partial charge is 0.338 e. The van der Waals surface area contributed by atoms with Crippen LogP contribution in [0.4, 0.5) is 0 Å². The molecule has 1 aliphatic carbocycles.